The van der Waals surface area contributed by atoms with Crippen molar-refractivity contribution < 1.29 is 9.53 Å². The van der Waals surface area contributed by atoms with E-state index in [2.05, 4.69) is 36.2 Å². The van der Waals surface area contributed by atoms with Gasteiger partial charge < -0.3 is 15.0 Å². The molecule has 2 aromatic carbocycles. The van der Waals surface area contributed by atoms with Crippen molar-refractivity contribution in [2.75, 3.05) is 29.9 Å². The number of hydrogen-bond donors (Lipinski definition) is 1. The second-order valence-corrected chi connectivity index (χ2v) is 8.49. The van der Waals surface area contributed by atoms with E-state index in [9.17, 15) is 4.79 Å². The van der Waals surface area contributed by atoms with Crippen LogP contribution in [0, 0.1) is 6.92 Å². The van der Waals surface area contributed by atoms with Crippen LogP contribution in [0.25, 0.3) is 0 Å². The first-order valence-electron chi connectivity index (χ1n) is 10.5. The lowest BCUT2D eigenvalue weighted by molar-refractivity contribution is -0.118. The highest BCUT2D eigenvalue weighted by Gasteiger charge is 2.13. The number of amides is 1. The molecule has 0 unspecified atom stereocenters. The average molecular weight is 415 g/mol. The molecular weight excluding hydrogens is 384 g/mol. The third-order valence-electron chi connectivity index (χ3n) is 5.39. The molecule has 29 heavy (non-hydrogen) atoms. The summed E-state index contributed by atoms with van der Waals surface area (Å²) in [6, 6.07) is 11.9. The highest BCUT2D eigenvalue weighted by molar-refractivity contribution is 6.31. The minimum Gasteiger partial charge on any atom is -0.483 e. The average Bonchev–Trinajstić information content (AvgIpc) is 2.98. The van der Waals surface area contributed by atoms with E-state index in [1.807, 2.05) is 31.2 Å². The van der Waals surface area contributed by atoms with Gasteiger partial charge in [-0.3, -0.25) is 4.79 Å². The molecule has 1 aliphatic heterocycles. The summed E-state index contributed by atoms with van der Waals surface area (Å²) in [6.07, 6.45) is 5.13. The third kappa shape index (κ3) is 5.89. The largest absolute Gasteiger partial charge is 0.483 e. The van der Waals surface area contributed by atoms with Crippen LogP contribution >= 0.6 is 11.6 Å². The molecule has 0 radical (unpaired) electrons. The highest BCUT2D eigenvalue weighted by Crippen LogP contribution is 2.32. The lowest BCUT2D eigenvalue weighted by Gasteiger charge is -2.22. The zero-order valence-corrected chi connectivity index (χ0v) is 18.4. The number of carbonyl (C=O) groups is 1. The second-order valence-electron chi connectivity index (χ2n) is 8.08. The topological polar surface area (TPSA) is 41.6 Å². The Labute approximate surface area is 179 Å². The number of ether oxygens (including phenoxy) is 1. The molecule has 1 amide bonds. The zero-order chi connectivity index (χ0) is 20.8. The predicted molar refractivity (Wildman–Crippen MR) is 122 cm³/mol. The van der Waals surface area contributed by atoms with Gasteiger partial charge in [-0.2, -0.15) is 0 Å². The molecule has 1 N–H and O–H groups in total. The van der Waals surface area contributed by atoms with Gasteiger partial charge >= 0.3 is 0 Å². The van der Waals surface area contributed by atoms with Crippen LogP contribution in [0.15, 0.2) is 36.4 Å². The Morgan fingerprint density at radius 1 is 1.10 bits per heavy atom. The smallest absolute Gasteiger partial charge is 0.262 e. The maximum atomic E-state index is 12.4. The van der Waals surface area contributed by atoms with Crippen LogP contribution in [0.5, 0.6) is 5.75 Å². The monoisotopic (exact) mass is 414 g/mol. The van der Waals surface area contributed by atoms with Crippen molar-refractivity contribution in [2.24, 2.45) is 0 Å². The molecule has 0 atom stereocenters. The first kappa shape index (κ1) is 21.5. The molecular formula is C24H31ClN2O2. The standard InChI is InChI=1S/C24H31ClN2O2/c1-17(2)21-15-22(25)18(3)14-23(21)29-16-24(28)26-19-8-10-20(11-9-19)27-12-6-4-5-7-13-27/h8-11,14-15,17H,4-7,12-13,16H2,1-3H3,(H,26,28). The van der Waals surface area contributed by atoms with Crippen molar-refractivity contribution in [3.05, 3.63) is 52.5 Å². The summed E-state index contributed by atoms with van der Waals surface area (Å²) in [4.78, 5) is 14.8. The Kier molecular flexibility index (Phi) is 7.43. The molecule has 0 aromatic heterocycles. The summed E-state index contributed by atoms with van der Waals surface area (Å²) in [5.41, 5.74) is 3.96. The van der Waals surface area contributed by atoms with Crippen LogP contribution in [0.1, 0.15) is 56.6 Å². The molecule has 1 heterocycles. The molecule has 1 fully saturated rings. The number of nitrogens with one attached hydrogen (secondary N) is 1. The van der Waals surface area contributed by atoms with Crippen molar-refractivity contribution in [3.63, 3.8) is 0 Å². The lowest BCUT2D eigenvalue weighted by atomic mass is 10.0. The minimum atomic E-state index is -0.171. The van der Waals surface area contributed by atoms with Gasteiger partial charge in [0, 0.05) is 29.5 Å². The van der Waals surface area contributed by atoms with Gasteiger partial charge in [-0.25, -0.2) is 0 Å². The minimum absolute atomic E-state index is 0.0331. The van der Waals surface area contributed by atoms with Crippen LogP contribution < -0.4 is 15.0 Å². The fourth-order valence-electron chi connectivity index (χ4n) is 3.67. The second kappa shape index (κ2) is 10.0. The Morgan fingerprint density at radius 3 is 2.38 bits per heavy atom. The maximum Gasteiger partial charge on any atom is 0.262 e. The predicted octanol–water partition coefficient (Wildman–Crippen LogP) is 6.17. The third-order valence-corrected chi connectivity index (χ3v) is 5.80. The summed E-state index contributed by atoms with van der Waals surface area (Å²) in [5, 5.41) is 3.64. The SMILES string of the molecule is Cc1cc(OCC(=O)Nc2ccc(N3CCCCCC3)cc2)c(C(C)C)cc1Cl. The summed E-state index contributed by atoms with van der Waals surface area (Å²) in [7, 11) is 0. The molecule has 1 aliphatic rings. The molecule has 3 rings (SSSR count). The van der Waals surface area contributed by atoms with Crippen molar-refractivity contribution in [1.82, 2.24) is 0 Å². The fraction of sp³-hybridized carbons (Fsp3) is 0.458. The molecule has 1 saturated heterocycles. The number of nitrogens with zero attached hydrogens (tertiary/aromatic N) is 1. The zero-order valence-electron chi connectivity index (χ0n) is 17.6. The van der Waals surface area contributed by atoms with Crippen LogP contribution in [0.2, 0.25) is 5.02 Å². The Balaban J connectivity index is 1.58. The van der Waals surface area contributed by atoms with E-state index < -0.39 is 0 Å². The number of benzene rings is 2. The van der Waals surface area contributed by atoms with Gasteiger partial charge in [0.15, 0.2) is 6.61 Å². The van der Waals surface area contributed by atoms with Crippen LogP contribution in [-0.4, -0.2) is 25.6 Å². The molecule has 5 heteroatoms. The van der Waals surface area contributed by atoms with Gasteiger partial charge in [0.1, 0.15) is 5.75 Å². The summed E-state index contributed by atoms with van der Waals surface area (Å²) < 4.78 is 5.82. The van der Waals surface area contributed by atoms with E-state index >= 15 is 0 Å². The number of carbonyl (C=O) groups excluding carboxylic acids is 1. The Bertz CT molecular complexity index is 826. The molecule has 0 bridgehead atoms. The van der Waals surface area contributed by atoms with E-state index in [1.165, 1.54) is 31.4 Å². The van der Waals surface area contributed by atoms with Crippen molar-refractivity contribution in [3.8, 4) is 5.75 Å². The van der Waals surface area contributed by atoms with Crippen molar-refractivity contribution in [2.45, 2.75) is 52.4 Å². The summed E-state index contributed by atoms with van der Waals surface area (Å²) >= 11 is 6.24. The number of aryl methyl sites for hydroxylation is 1. The van der Waals surface area contributed by atoms with Gasteiger partial charge in [-0.15, -0.1) is 0 Å². The number of halogens is 1. The Hall–Kier alpha value is -2.20. The summed E-state index contributed by atoms with van der Waals surface area (Å²) in [5.74, 6) is 0.807. The van der Waals surface area contributed by atoms with Crippen LogP contribution in [-0.2, 0) is 4.79 Å². The van der Waals surface area contributed by atoms with Crippen molar-refractivity contribution in [1.29, 1.82) is 0 Å². The van der Waals surface area contributed by atoms with Gasteiger partial charge in [-0.1, -0.05) is 38.3 Å². The van der Waals surface area contributed by atoms with E-state index in [4.69, 9.17) is 16.3 Å². The van der Waals surface area contributed by atoms with E-state index in [-0.39, 0.29) is 18.4 Å². The first-order chi connectivity index (χ1) is 13.9. The molecule has 4 nitrogen and oxygen atoms in total. The first-order valence-corrected chi connectivity index (χ1v) is 10.9. The quantitative estimate of drug-likeness (QED) is 0.614. The van der Waals surface area contributed by atoms with Gasteiger partial charge in [0.05, 0.1) is 0 Å². The van der Waals surface area contributed by atoms with Gasteiger partial charge in [0.2, 0.25) is 0 Å². The molecule has 0 spiro atoms. The number of rotatable bonds is 6. The fourth-order valence-corrected chi connectivity index (χ4v) is 3.84. The van der Waals surface area contributed by atoms with E-state index in [0.29, 0.717) is 5.75 Å². The molecule has 2 aromatic rings. The van der Waals surface area contributed by atoms with Crippen LogP contribution in [0.3, 0.4) is 0 Å². The van der Waals surface area contributed by atoms with Gasteiger partial charge in [-0.05, 0) is 73.2 Å². The summed E-state index contributed by atoms with van der Waals surface area (Å²) in [6.45, 7) is 8.29. The normalized spacial score (nSPS) is 14.6. The van der Waals surface area contributed by atoms with Crippen molar-refractivity contribution >= 4 is 28.9 Å². The number of anilines is 2. The maximum absolute atomic E-state index is 12.4. The molecule has 0 saturated carbocycles. The van der Waals surface area contributed by atoms with E-state index in [0.717, 1.165) is 34.9 Å². The molecule has 0 aliphatic carbocycles. The molecule has 156 valence electrons. The highest BCUT2D eigenvalue weighted by atomic mass is 35.5. The van der Waals surface area contributed by atoms with E-state index in [1.54, 1.807) is 0 Å². The van der Waals surface area contributed by atoms with Crippen LogP contribution in [0.4, 0.5) is 11.4 Å². The lowest BCUT2D eigenvalue weighted by Crippen LogP contribution is -2.24. The number of hydrogen-bond acceptors (Lipinski definition) is 3. The Morgan fingerprint density at radius 2 is 1.76 bits per heavy atom. The van der Waals surface area contributed by atoms with Gasteiger partial charge in [0.25, 0.3) is 5.91 Å².